The largest absolute Gasteiger partial charge is 0.495 e. The number of aromatic carboxylic acids is 1. The van der Waals surface area contributed by atoms with Crippen LogP contribution in [0.5, 0.6) is 5.75 Å². The van der Waals surface area contributed by atoms with Crippen LogP contribution in [-0.4, -0.2) is 23.2 Å². The molecule has 0 aliphatic heterocycles. The van der Waals surface area contributed by atoms with Crippen molar-refractivity contribution in [3.8, 4) is 5.75 Å². The van der Waals surface area contributed by atoms with Gasteiger partial charge in [-0.05, 0) is 30.3 Å². The zero-order chi connectivity index (χ0) is 14.7. The third kappa shape index (κ3) is 3.31. The molecule has 0 radical (unpaired) electrons. The van der Waals surface area contributed by atoms with Crippen molar-refractivity contribution in [2.75, 3.05) is 12.4 Å². The minimum atomic E-state index is -1.09. The van der Waals surface area contributed by atoms with Gasteiger partial charge in [0.15, 0.2) is 0 Å². The number of benzene rings is 1. The lowest BCUT2D eigenvalue weighted by atomic mass is 10.2. The molecular formula is C13H10Cl2N2O3. The minimum absolute atomic E-state index is 0.0356. The number of halogens is 2. The summed E-state index contributed by atoms with van der Waals surface area (Å²) in [7, 11) is 1.52. The zero-order valence-electron chi connectivity index (χ0n) is 10.4. The summed E-state index contributed by atoms with van der Waals surface area (Å²) in [6, 6.07) is 7.65. The number of pyridine rings is 1. The van der Waals surface area contributed by atoms with Crippen molar-refractivity contribution in [2.24, 2.45) is 0 Å². The van der Waals surface area contributed by atoms with E-state index in [1.165, 1.54) is 19.2 Å². The maximum atomic E-state index is 11.0. The highest BCUT2D eigenvalue weighted by atomic mass is 35.5. The fourth-order valence-electron chi connectivity index (χ4n) is 1.60. The van der Waals surface area contributed by atoms with E-state index in [2.05, 4.69) is 10.3 Å². The molecule has 5 nitrogen and oxygen atoms in total. The Morgan fingerprint density at radius 1 is 1.30 bits per heavy atom. The summed E-state index contributed by atoms with van der Waals surface area (Å²) < 4.78 is 5.18. The van der Waals surface area contributed by atoms with E-state index in [9.17, 15) is 4.79 Å². The summed E-state index contributed by atoms with van der Waals surface area (Å²) in [5.74, 6) is -0.251. The highest BCUT2D eigenvalue weighted by Gasteiger charge is 2.10. The van der Waals surface area contributed by atoms with Crippen LogP contribution in [0.25, 0.3) is 0 Å². The van der Waals surface area contributed by atoms with Gasteiger partial charge in [-0.2, -0.15) is 0 Å². The van der Waals surface area contributed by atoms with Gasteiger partial charge in [0.25, 0.3) is 0 Å². The molecule has 0 saturated carbocycles. The fraction of sp³-hybridized carbons (Fsp3) is 0.0769. The van der Waals surface area contributed by atoms with Crippen molar-refractivity contribution < 1.29 is 14.6 Å². The Morgan fingerprint density at radius 2 is 2.05 bits per heavy atom. The number of hydrogen-bond acceptors (Lipinski definition) is 4. The van der Waals surface area contributed by atoms with Crippen LogP contribution in [0.2, 0.25) is 10.2 Å². The second-order valence-electron chi connectivity index (χ2n) is 3.84. The lowest BCUT2D eigenvalue weighted by Crippen LogP contribution is -2.01. The van der Waals surface area contributed by atoms with Gasteiger partial charge in [-0.15, -0.1) is 0 Å². The number of carboxylic acid groups (broad SMARTS) is 1. The van der Waals surface area contributed by atoms with Crippen LogP contribution in [0, 0.1) is 0 Å². The Morgan fingerprint density at radius 3 is 2.70 bits per heavy atom. The fourth-order valence-corrected chi connectivity index (χ4v) is 1.98. The Kier molecular flexibility index (Phi) is 4.32. The summed E-state index contributed by atoms with van der Waals surface area (Å²) in [4.78, 5) is 15.0. The van der Waals surface area contributed by atoms with E-state index in [0.29, 0.717) is 16.5 Å². The highest BCUT2D eigenvalue weighted by molar-refractivity contribution is 6.31. The van der Waals surface area contributed by atoms with E-state index in [1.807, 2.05) is 0 Å². The van der Waals surface area contributed by atoms with Gasteiger partial charge in [-0.1, -0.05) is 23.2 Å². The van der Waals surface area contributed by atoms with Gasteiger partial charge >= 0.3 is 5.97 Å². The first-order chi connectivity index (χ1) is 9.49. The number of aromatic nitrogens is 1. The molecule has 20 heavy (non-hydrogen) atoms. The molecule has 2 N–H and O–H groups in total. The second kappa shape index (κ2) is 5.98. The molecule has 0 aliphatic carbocycles. The van der Waals surface area contributed by atoms with Crippen LogP contribution in [0.4, 0.5) is 11.5 Å². The number of carbonyl (C=O) groups is 1. The molecule has 0 aliphatic rings. The summed E-state index contributed by atoms with van der Waals surface area (Å²) in [5, 5.41) is 12.5. The third-order valence-corrected chi connectivity index (χ3v) is 2.89. The van der Waals surface area contributed by atoms with Gasteiger partial charge in [-0.3, -0.25) is 0 Å². The predicted molar refractivity (Wildman–Crippen MR) is 77.5 cm³/mol. The lowest BCUT2D eigenvalue weighted by molar-refractivity contribution is 0.0697. The zero-order valence-corrected chi connectivity index (χ0v) is 11.9. The molecule has 1 aromatic heterocycles. The molecule has 1 heterocycles. The van der Waals surface area contributed by atoms with E-state index in [4.69, 9.17) is 33.0 Å². The number of nitrogens with zero attached hydrogens (tertiary/aromatic N) is 1. The number of rotatable bonds is 4. The highest BCUT2D eigenvalue weighted by Crippen LogP contribution is 2.30. The topological polar surface area (TPSA) is 71.5 Å². The predicted octanol–water partition coefficient (Wildman–Crippen LogP) is 3.84. The Hall–Kier alpha value is -1.98. The van der Waals surface area contributed by atoms with E-state index >= 15 is 0 Å². The number of nitrogens with one attached hydrogen (secondary N) is 1. The quantitative estimate of drug-likeness (QED) is 0.839. The maximum Gasteiger partial charge on any atom is 0.335 e. The van der Waals surface area contributed by atoms with Gasteiger partial charge < -0.3 is 15.2 Å². The minimum Gasteiger partial charge on any atom is -0.495 e. The van der Waals surface area contributed by atoms with Crippen molar-refractivity contribution in [1.29, 1.82) is 0 Å². The molecule has 104 valence electrons. The first-order valence-electron chi connectivity index (χ1n) is 5.51. The SMILES string of the molecule is COc1ccc(Cl)cc1Nc1cc(C(=O)O)cc(Cl)n1. The molecule has 0 amide bonds. The number of anilines is 2. The van der Waals surface area contributed by atoms with E-state index in [-0.39, 0.29) is 16.5 Å². The smallest absolute Gasteiger partial charge is 0.335 e. The van der Waals surface area contributed by atoms with Crippen LogP contribution in [0.15, 0.2) is 30.3 Å². The number of carboxylic acids is 1. The number of ether oxygens (including phenoxy) is 1. The van der Waals surface area contributed by atoms with Crippen molar-refractivity contribution >= 4 is 40.7 Å². The third-order valence-electron chi connectivity index (χ3n) is 2.47. The van der Waals surface area contributed by atoms with Crippen LogP contribution >= 0.6 is 23.2 Å². The van der Waals surface area contributed by atoms with Crippen molar-refractivity contribution in [1.82, 2.24) is 4.98 Å². The van der Waals surface area contributed by atoms with Gasteiger partial charge in [-0.25, -0.2) is 9.78 Å². The van der Waals surface area contributed by atoms with Crippen LogP contribution in [0.1, 0.15) is 10.4 Å². The molecule has 0 atom stereocenters. The molecule has 7 heteroatoms. The van der Waals surface area contributed by atoms with Crippen LogP contribution < -0.4 is 10.1 Å². The van der Waals surface area contributed by atoms with E-state index in [0.717, 1.165) is 0 Å². The van der Waals surface area contributed by atoms with E-state index < -0.39 is 5.97 Å². The average molecular weight is 313 g/mol. The van der Waals surface area contributed by atoms with Gasteiger partial charge in [0.05, 0.1) is 18.4 Å². The lowest BCUT2D eigenvalue weighted by Gasteiger charge is -2.11. The summed E-state index contributed by atoms with van der Waals surface area (Å²) >= 11 is 11.7. The van der Waals surface area contributed by atoms with Gasteiger partial charge in [0.2, 0.25) is 0 Å². The van der Waals surface area contributed by atoms with Crippen LogP contribution in [0.3, 0.4) is 0 Å². The Labute approximate surface area is 125 Å². The molecule has 0 bridgehead atoms. The molecule has 1 aromatic carbocycles. The van der Waals surface area contributed by atoms with Crippen molar-refractivity contribution in [2.45, 2.75) is 0 Å². The Bertz CT molecular complexity index is 662. The second-order valence-corrected chi connectivity index (χ2v) is 4.66. The molecule has 0 fully saturated rings. The molecule has 0 spiro atoms. The molecule has 0 saturated heterocycles. The maximum absolute atomic E-state index is 11.0. The average Bonchev–Trinajstić information content (AvgIpc) is 2.38. The summed E-state index contributed by atoms with van der Waals surface area (Å²) in [5.41, 5.74) is 0.597. The van der Waals surface area contributed by atoms with Crippen LogP contribution in [-0.2, 0) is 0 Å². The van der Waals surface area contributed by atoms with E-state index in [1.54, 1.807) is 18.2 Å². The molecule has 0 unspecified atom stereocenters. The number of methoxy groups -OCH3 is 1. The molecule has 2 aromatic rings. The van der Waals surface area contributed by atoms with Gasteiger partial charge in [0, 0.05) is 5.02 Å². The normalized spacial score (nSPS) is 10.2. The standard InChI is InChI=1S/C13H10Cl2N2O3/c1-20-10-3-2-8(14)6-9(10)16-12-5-7(13(18)19)4-11(15)17-12/h2-6H,1H3,(H,16,17)(H,18,19). The first kappa shape index (κ1) is 14.4. The summed E-state index contributed by atoms with van der Waals surface area (Å²) in [6.07, 6.45) is 0. The molecular weight excluding hydrogens is 303 g/mol. The molecule has 2 rings (SSSR count). The van der Waals surface area contributed by atoms with Crippen molar-refractivity contribution in [3.05, 3.63) is 46.1 Å². The van der Waals surface area contributed by atoms with Gasteiger partial charge in [0.1, 0.15) is 16.7 Å². The Balaban J connectivity index is 2.39. The monoisotopic (exact) mass is 312 g/mol. The summed E-state index contributed by atoms with van der Waals surface area (Å²) in [6.45, 7) is 0. The first-order valence-corrected chi connectivity index (χ1v) is 6.26. The van der Waals surface area contributed by atoms with Crippen molar-refractivity contribution in [3.63, 3.8) is 0 Å². The number of hydrogen-bond donors (Lipinski definition) is 2.